The van der Waals surface area contributed by atoms with Crippen LogP contribution in [0, 0.1) is 0 Å². The van der Waals surface area contributed by atoms with Crippen LogP contribution in [0.1, 0.15) is 54.9 Å². The third kappa shape index (κ3) is 2.92. The monoisotopic (exact) mass is 311 g/mol. The number of alkyl halides is 1. The zero-order valence-electron chi connectivity index (χ0n) is 14.1. The molecule has 0 aliphatic heterocycles. The molecule has 23 heavy (non-hydrogen) atoms. The van der Waals surface area contributed by atoms with Crippen LogP contribution in [0.5, 0.6) is 0 Å². The van der Waals surface area contributed by atoms with Crippen molar-refractivity contribution in [2.45, 2.75) is 44.6 Å². The fraction of sp³-hybridized carbons (Fsp3) is 0.429. The van der Waals surface area contributed by atoms with E-state index in [4.69, 9.17) is 0 Å². The summed E-state index contributed by atoms with van der Waals surface area (Å²) in [5.74, 6) is 0.534. The topological polar surface area (TPSA) is 12.0 Å². The number of hydrogen-bond acceptors (Lipinski definition) is 1. The summed E-state index contributed by atoms with van der Waals surface area (Å²) in [6.07, 6.45) is 3.42. The molecule has 3 rings (SSSR count). The van der Waals surface area contributed by atoms with Crippen molar-refractivity contribution in [3.05, 3.63) is 70.8 Å². The Kier molecular flexibility index (Phi) is 4.82. The van der Waals surface area contributed by atoms with E-state index in [0.29, 0.717) is 12.5 Å². The zero-order chi connectivity index (χ0) is 16.3. The molecule has 2 atom stereocenters. The van der Waals surface area contributed by atoms with Gasteiger partial charge >= 0.3 is 0 Å². The van der Waals surface area contributed by atoms with Crippen molar-refractivity contribution in [2.75, 3.05) is 13.2 Å². The Bertz CT molecular complexity index is 666. The average molecular weight is 311 g/mol. The summed E-state index contributed by atoms with van der Waals surface area (Å²) in [6, 6.07) is 17.4. The molecule has 0 amide bonds. The molecule has 0 heterocycles. The van der Waals surface area contributed by atoms with E-state index < -0.39 is 0 Å². The van der Waals surface area contributed by atoms with Gasteiger partial charge in [0, 0.05) is 6.54 Å². The molecule has 1 aliphatic rings. The van der Waals surface area contributed by atoms with E-state index in [-0.39, 0.29) is 12.2 Å². The van der Waals surface area contributed by atoms with E-state index in [1.54, 1.807) is 0 Å². The number of hydrogen-bond donors (Lipinski definition) is 1. The van der Waals surface area contributed by atoms with Gasteiger partial charge in [0.1, 0.15) is 6.67 Å². The maximum atomic E-state index is 12.9. The molecule has 2 heteroatoms. The van der Waals surface area contributed by atoms with E-state index in [2.05, 4.69) is 67.7 Å². The van der Waals surface area contributed by atoms with Gasteiger partial charge in [0.25, 0.3) is 0 Å². The number of fused-ring (bicyclic) bond motifs is 2. The minimum absolute atomic E-state index is 0.332. The maximum Gasteiger partial charge on any atom is 0.102 e. The quantitative estimate of drug-likeness (QED) is 0.824. The first kappa shape index (κ1) is 16.2. The smallest absolute Gasteiger partial charge is 0.102 e. The van der Waals surface area contributed by atoms with Crippen LogP contribution in [0.3, 0.4) is 0 Å². The Morgan fingerprint density at radius 2 is 1.78 bits per heavy atom. The highest BCUT2D eigenvalue weighted by molar-refractivity contribution is 5.50. The van der Waals surface area contributed by atoms with Gasteiger partial charge in [-0.25, -0.2) is 4.39 Å². The van der Waals surface area contributed by atoms with Crippen molar-refractivity contribution in [1.29, 1.82) is 0 Å². The van der Waals surface area contributed by atoms with E-state index in [0.717, 1.165) is 6.42 Å². The lowest BCUT2D eigenvalue weighted by molar-refractivity contribution is 0.386. The summed E-state index contributed by atoms with van der Waals surface area (Å²) >= 11 is 0. The second-order valence-corrected chi connectivity index (χ2v) is 6.67. The van der Waals surface area contributed by atoms with Crippen molar-refractivity contribution >= 4 is 0 Å². The Balaban J connectivity index is 2.20. The number of benzene rings is 2. The largest absolute Gasteiger partial charge is 0.301 e. The highest BCUT2D eigenvalue weighted by Gasteiger charge is 2.36. The van der Waals surface area contributed by atoms with E-state index >= 15 is 0 Å². The molecular weight excluding hydrogens is 285 g/mol. The summed E-state index contributed by atoms with van der Waals surface area (Å²) in [7, 11) is 0. The van der Waals surface area contributed by atoms with Gasteiger partial charge in [-0.3, -0.25) is 0 Å². The Morgan fingerprint density at radius 3 is 2.52 bits per heavy atom. The summed E-state index contributed by atoms with van der Waals surface area (Å²) in [5, 5.41) is 3.49. The average Bonchev–Trinajstić information content (AvgIpc) is 2.69. The maximum absolute atomic E-state index is 12.9. The van der Waals surface area contributed by atoms with Crippen LogP contribution in [0.15, 0.2) is 48.5 Å². The molecule has 1 N–H and O–H groups in total. The normalized spacial score (nSPS) is 23.0. The molecule has 0 bridgehead atoms. The van der Waals surface area contributed by atoms with E-state index in [9.17, 15) is 4.39 Å². The molecule has 0 spiro atoms. The van der Waals surface area contributed by atoms with Crippen LogP contribution in [-0.2, 0) is 12.0 Å². The van der Waals surface area contributed by atoms with Gasteiger partial charge < -0.3 is 5.32 Å². The second-order valence-electron chi connectivity index (χ2n) is 6.67. The third-order valence-corrected chi connectivity index (χ3v) is 5.17. The van der Waals surface area contributed by atoms with Gasteiger partial charge in [0.05, 0.1) is 5.54 Å². The van der Waals surface area contributed by atoms with Gasteiger partial charge in [0.2, 0.25) is 0 Å². The van der Waals surface area contributed by atoms with Crippen LogP contribution in [0.4, 0.5) is 4.39 Å². The summed E-state index contributed by atoms with van der Waals surface area (Å²) in [4.78, 5) is 0. The second kappa shape index (κ2) is 6.84. The van der Waals surface area contributed by atoms with Crippen molar-refractivity contribution in [1.82, 2.24) is 5.32 Å². The molecule has 0 unspecified atom stereocenters. The predicted octanol–water partition coefficient (Wildman–Crippen LogP) is 4.95. The van der Waals surface area contributed by atoms with Gasteiger partial charge in [-0.2, -0.15) is 0 Å². The predicted molar refractivity (Wildman–Crippen MR) is 94.7 cm³/mol. The minimum atomic E-state index is -0.349. The van der Waals surface area contributed by atoms with Gasteiger partial charge in [-0.1, -0.05) is 61.9 Å². The van der Waals surface area contributed by atoms with E-state index in [1.807, 2.05) is 0 Å². The lowest BCUT2D eigenvalue weighted by atomic mass is 9.81. The van der Waals surface area contributed by atoms with Crippen molar-refractivity contribution in [3.8, 4) is 0 Å². The molecule has 0 radical (unpaired) electrons. The first-order valence-corrected chi connectivity index (χ1v) is 8.69. The van der Waals surface area contributed by atoms with Crippen molar-refractivity contribution in [2.24, 2.45) is 0 Å². The molecule has 0 saturated heterocycles. The summed E-state index contributed by atoms with van der Waals surface area (Å²) < 4.78 is 12.9. The molecule has 0 saturated carbocycles. The van der Waals surface area contributed by atoms with Crippen LogP contribution < -0.4 is 5.32 Å². The summed E-state index contributed by atoms with van der Waals surface area (Å²) in [6.45, 7) is 4.48. The molecule has 0 aromatic heterocycles. The third-order valence-electron chi connectivity index (χ3n) is 5.17. The van der Waals surface area contributed by atoms with Gasteiger partial charge in [0.15, 0.2) is 0 Å². The SMILES string of the molecule is CCC[C@@H]1Cc2ccccc2[C@](C)(NCCF)c2ccccc21. The number of halogens is 1. The van der Waals surface area contributed by atoms with Crippen LogP contribution >= 0.6 is 0 Å². The van der Waals surface area contributed by atoms with Gasteiger partial charge in [-0.05, 0) is 47.9 Å². The summed E-state index contributed by atoms with van der Waals surface area (Å²) in [5.41, 5.74) is 5.06. The molecule has 0 fully saturated rings. The highest BCUT2D eigenvalue weighted by atomic mass is 19.1. The zero-order valence-corrected chi connectivity index (χ0v) is 14.1. The van der Waals surface area contributed by atoms with Crippen LogP contribution in [0.25, 0.3) is 0 Å². The highest BCUT2D eigenvalue weighted by Crippen LogP contribution is 2.42. The van der Waals surface area contributed by atoms with Crippen LogP contribution in [0.2, 0.25) is 0 Å². The lowest BCUT2D eigenvalue weighted by Gasteiger charge is -2.34. The van der Waals surface area contributed by atoms with Crippen molar-refractivity contribution < 1.29 is 4.39 Å². The Labute approximate surface area is 138 Å². The number of nitrogens with one attached hydrogen (secondary N) is 1. The van der Waals surface area contributed by atoms with E-state index in [1.165, 1.54) is 35.1 Å². The molecule has 2 aromatic carbocycles. The Morgan fingerprint density at radius 1 is 1.09 bits per heavy atom. The molecule has 122 valence electrons. The fourth-order valence-electron chi connectivity index (χ4n) is 4.11. The lowest BCUT2D eigenvalue weighted by Crippen LogP contribution is -2.42. The fourth-order valence-corrected chi connectivity index (χ4v) is 4.11. The minimum Gasteiger partial charge on any atom is -0.301 e. The molecule has 1 nitrogen and oxygen atoms in total. The molecule has 2 aromatic rings. The molecule has 1 aliphatic carbocycles. The first-order chi connectivity index (χ1) is 11.2. The Hall–Kier alpha value is -1.67. The van der Waals surface area contributed by atoms with Gasteiger partial charge in [-0.15, -0.1) is 0 Å². The van der Waals surface area contributed by atoms with Crippen molar-refractivity contribution in [3.63, 3.8) is 0 Å². The molecular formula is C21H26FN. The first-order valence-electron chi connectivity index (χ1n) is 8.69. The van der Waals surface area contributed by atoms with Crippen LogP contribution in [-0.4, -0.2) is 13.2 Å². The number of rotatable bonds is 5. The standard InChI is InChI=1S/C21H26FN/c1-3-8-16-15-17-9-4-6-11-19(17)21(2,23-14-13-22)20-12-7-5-10-18(16)20/h4-7,9-12,16,23H,3,8,13-15H2,1-2H3/t16-,21+/m1/s1.